The van der Waals surface area contributed by atoms with E-state index in [0.29, 0.717) is 31.0 Å². The van der Waals surface area contributed by atoms with Gasteiger partial charge in [0.25, 0.3) is 0 Å². The maximum atomic E-state index is 10.4. The van der Waals surface area contributed by atoms with Crippen molar-refractivity contribution in [2.75, 3.05) is 7.11 Å². The summed E-state index contributed by atoms with van der Waals surface area (Å²) in [5.41, 5.74) is 1.18. The molecule has 1 atom stereocenters. The van der Waals surface area contributed by atoms with Crippen LogP contribution >= 0.6 is 43.5 Å². The highest BCUT2D eigenvalue weighted by Gasteiger charge is 2.21. The Morgan fingerprint density at radius 3 is 2.61 bits per heavy atom. The number of aliphatic hydroxyl groups is 1. The van der Waals surface area contributed by atoms with Crippen molar-refractivity contribution in [2.45, 2.75) is 6.10 Å². The Kier molecular flexibility index (Phi) is 4.37. The molecule has 0 bridgehead atoms. The van der Waals surface area contributed by atoms with Crippen molar-refractivity contribution >= 4 is 43.5 Å². The van der Waals surface area contributed by atoms with Crippen molar-refractivity contribution in [3.05, 3.63) is 49.8 Å². The summed E-state index contributed by atoms with van der Waals surface area (Å²) in [6.07, 6.45) is 0.609. The van der Waals surface area contributed by atoms with Crippen LogP contribution in [0.15, 0.2) is 38.0 Å². The maximum Gasteiger partial charge on any atom is 0.175 e. The van der Waals surface area contributed by atoms with Crippen LogP contribution in [0.3, 0.4) is 0 Å². The van der Waals surface area contributed by atoms with Crippen LogP contribution in [0.2, 0.25) is 5.02 Å². The number of ether oxygens (including phenoxy) is 1. The standard InChI is InChI=1S/C12H9Br2ClO3/c1-17-11-8(4-6(15)5-9(11)13)10(16)7-2-3-18-12(7)14/h2-5,10,16H,1H3. The Morgan fingerprint density at radius 2 is 2.06 bits per heavy atom. The van der Waals surface area contributed by atoms with Crippen LogP contribution in [0.5, 0.6) is 5.75 Å². The molecule has 96 valence electrons. The summed E-state index contributed by atoms with van der Waals surface area (Å²) >= 11 is 12.6. The van der Waals surface area contributed by atoms with Gasteiger partial charge in [0.05, 0.1) is 17.8 Å². The summed E-state index contributed by atoms with van der Waals surface area (Å²) in [6.45, 7) is 0. The molecule has 1 N–H and O–H groups in total. The molecule has 0 amide bonds. The third-order valence-electron chi connectivity index (χ3n) is 2.48. The van der Waals surface area contributed by atoms with Gasteiger partial charge in [-0.2, -0.15) is 0 Å². The fourth-order valence-electron chi connectivity index (χ4n) is 1.67. The van der Waals surface area contributed by atoms with Crippen LogP contribution in [0.1, 0.15) is 17.2 Å². The van der Waals surface area contributed by atoms with Crippen LogP contribution in [0.25, 0.3) is 0 Å². The third-order valence-corrected chi connectivity index (χ3v) is 3.93. The van der Waals surface area contributed by atoms with E-state index in [1.165, 1.54) is 13.4 Å². The summed E-state index contributed by atoms with van der Waals surface area (Å²) in [5, 5.41) is 10.9. The number of aliphatic hydroxyl groups excluding tert-OH is 1. The van der Waals surface area contributed by atoms with E-state index in [9.17, 15) is 5.11 Å². The van der Waals surface area contributed by atoms with Gasteiger partial charge in [-0.1, -0.05) is 11.6 Å². The van der Waals surface area contributed by atoms with Crippen LogP contribution in [-0.2, 0) is 0 Å². The SMILES string of the molecule is COc1c(Br)cc(Cl)cc1C(O)c1ccoc1Br. The second-order valence-electron chi connectivity index (χ2n) is 3.56. The zero-order valence-corrected chi connectivity index (χ0v) is 13.2. The van der Waals surface area contributed by atoms with E-state index in [4.69, 9.17) is 20.8 Å². The Labute approximate surface area is 126 Å². The predicted molar refractivity (Wildman–Crippen MR) is 76.2 cm³/mol. The zero-order chi connectivity index (χ0) is 13.3. The zero-order valence-electron chi connectivity index (χ0n) is 9.28. The second-order valence-corrected chi connectivity index (χ2v) is 5.57. The Balaban J connectivity index is 2.54. The Hall–Kier alpha value is -0.490. The lowest BCUT2D eigenvalue weighted by atomic mass is 10.0. The second kappa shape index (κ2) is 5.65. The van der Waals surface area contributed by atoms with Gasteiger partial charge < -0.3 is 14.3 Å². The summed E-state index contributed by atoms with van der Waals surface area (Å²) in [4.78, 5) is 0. The number of methoxy groups -OCH3 is 1. The Bertz CT molecular complexity index is 568. The largest absolute Gasteiger partial charge is 0.495 e. The molecule has 2 rings (SSSR count). The highest BCUT2D eigenvalue weighted by atomic mass is 79.9. The van der Waals surface area contributed by atoms with Gasteiger partial charge in [-0.05, 0) is 50.1 Å². The molecule has 0 spiro atoms. The number of furan rings is 1. The third kappa shape index (κ3) is 2.59. The number of rotatable bonds is 3. The minimum atomic E-state index is -0.886. The first kappa shape index (κ1) is 13.9. The molecule has 1 heterocycles. The van der Waals surface area contributed by atoms with E-state index >= 15 is 0 Å². The number of hydrogen-bond donors (Lipinski definition) is 1. The molecule has 0 fully saturated rings. The topological polar surface area (TPSA) is 42.6 Å². The minimum Gasteiger partial charge on any atom is -0.495 e. The first-order valence-electron chi connectivity index (χ1n) is 4.98. The molecule has 3 nitrogen and oxygen atoms in total. The molecule has 1 unspecified atom stereocenters. The molecule has 18 heavy (non-hydrogen) atoms. The molecule has 1 aromatic heterocycles. The van der Waals surface area contributed by atoms with Gasteiger partial charge in [0.2, 0.25) is 0 Å². The highest BCUT2D eigenvalue weighted by Crippen LogP contribution is 2.39. The summed E-state index contributed by atoms with van der Waals surface area (Å²) in [6, 6.07) is 5.05. The van der Waals surface area contributed by atoms with Crippen molar-refractivity contribution in [1.29, 1.82) is 0 Å². The van der Waals surface area contributed by atoms with E-state index in [1.807, 2.05) is 0 Å². The smallest absolute Gasteiger partial charge is 0.175 e. The monoisotopic (exact) mass is 394 g/mol. The molecule has 0 aliphatic carbocycles. The van der Waals surface area contributed by atoms with Gasteiger partial charge in [0.1, 0.15) is 11.9 Å². The molecule has 6 heteroatoms. The summed E-state index contributed by atoms with van der Waals surface area (Å²) in [5.74, 6) is 0.542. The molecular formula is C12H9Br2ClO3. The molecule has 0 radical (unpaired) electrons. The van der Waals surface area contributed by atoms with Crippen LogP contribution in [0.4, 0.5) is 0 Å². The molecular weight excluding hydrogens is 387 g/mol. The fraction of sp³-hybridized carbons (Fsp3) is 0.167. The van der Waals surface area contributed by atoms with Crippen molar-refractivity contribution in [2.24, 2.45) is 0 Å². The van der Waals surface area contributed by atoms with Crippen molar-refractivity contribution in [1.82, 2.24) is 0 Å². The normalized spacial score (nSPS) is 12.5. The summed E-state index contributed by atoms with van der Waals surface area (Å²) < 4.78 is 11.6. The van der Waals surface area contributed by atoms with E-state index in [1.54, 1.807) is 18.2 Å². The molecule has 0 saturated carbocycles. The first-order valence-corrected chi connectivity index (χ1v) is 6.95. The van der Waals surface area contributed by atoms with Gasteiger partial charge in [-0.25, -0.2) is 0 Å². The highest BCUT2D eigenvalue weighted by molar-refractivity contribution is 9.10. The van der Waals surface area contributed by atoms with E-state index in [0.717, 1.165) is 0 Å². The maximum absolute atomic E-state index is 10.4. The summed E-state index contributed by atoms with van der Waals surface area (Å²) in [7, 11) is 1.54. The van der Waals surface area contributed by atoms with Gasteiger partial charge in [-0.15, -0.1) is 0 Å². The molecule has 0 aliphatic rings. The average Bonchev–Trinajstić information content (AvgIpc) is 2.73. The molecule has 0 saturated heterocycles. The van der Waals surface area contributed by atoms with Gasteiger partial charge in [-0.3, -0.25) is 0 Å². The fourth-order valence-corrected chi connectivity index (χ4v) is 3.12. The van der Waals surface area contributed by atoms with E-state index in [-0.39, 0.29) is 0 Å². The lowest BCUT2D eigenvalue weighted by molar-refractivity contribution is 0.212. The van der Waals surface area contributed by atoms with Crippen LogP contribution in [0, 0.1) is 0 Å². The Morgan fingerprint density at radius 1 is 1.33 bits per heavy atom. The molecule has 0 aliphatic heterocycles. The quantitative estimate of drug-likeness (QED) is 0.828. The van der Waals surface area contributed by atoms with Gasteiger partial charge in [0, 0.05) is 16.1 Å². The van der Waals surface area contributed by atoms with Crippen molar-refractivity contribution in [3.8, 4) is 5.75 Å². The van der Waals surface area contributed by atoms with Crippen LogP contribution in [-0.4, -0.2) is 12.2 Å². The lowest BCUT2D eigenvalue weighted by Crippen LogP contribution is -2.02. The van der Waals surface area contributed by atoms with Crippen LogP contribution < -0.4 is 4.74 Å². The first-order chi connectivity index (χ1) is 8.54. The number of benzene rings is 1. The van der Waals surface area contributed by atoms with Crippen molar-refractivity contribution < 1.29 is 14.3 Å². The predicted octanol–water partition coefficient (Wildman–Crippen LogP) is 4.55. The van der Waals surface area contributed by atoms with Crippen molar-refractivity contribution in [3.63, 3.8) is 0 Å². The molecule has 1 aromatic carbocycles. The van der Waals surface area contributed by atoms with E-state index in [2.05, 4.69) is 31.9 Å². The number of hydrogen-bond acceptors (Lipinski definition) is 3. The van der Waals surface area contributed by atoms with Gasteiger partial charge in [0.15, 0.2) is 4.67 Å². The number of halogens is 3. The molecule has 2 aromatic rings. The van der Waals surface area contributed by atoms with Gasteiger partial charge >= 0.3 is 0 Å². The van der Waals surface area contributed by atoms with E-state index < -0.39 is 6.10 Å². The lowest BCUT2D eigenvalue weighted by Gasteiger charge is -2.16. The average molecular weight is 396 g/mol. The minimum absolute atomic E-state index is 0.480.